The Labute approximate surface area is 199 Å². The molecule has 3 aromatic carbocycles. The summed E-state index contributed by atoms with van der Waals surface area (Å²) in [6.45, 7) is 0.510. The Hall–Kier alpha value is -4.39. The SMILES string of the molecule is COc1ccc(C=CC(=O)n2nc(-c3ccccc3)nc2NCc2ccc(N(C)C)cc2)cc1. The van der Waals surface area contributed by atoms with E-state index in [1.807, 2.05) is 85.7 Å². The zero-order valence-corrected chi connectivity index (χ0v) is 19.5. The van der Waals surface area contributed by atoms with Crippen LogP contribution in [-0.2, 0) is 6.54 Å². The van der Waals surface area contributed by atoms with Crippen molar-refractivity contribution in [3.05, 3.63) is 96.1 Å². The first-order valence-corrected chi connectivity index (χ1v) is 10.9. The number of nitrogens with one attached hydrogen (secondary N) is 1. The molecule has 7 heteroatoms. The van der Waals surface area contributed by atoms with Crippen molar-refractivity contribution in [1.82, 2.24) is 14.8 Å². The highest BCUT2D eigenvalue weighted by atomic mass is 16.5. The number of anilines is 2. The number of benzene rings is 3. The molecule has 1 aromatic heterocycles. The number of hydrogen-bond donors (Lipinski definition) is 1. The molecular weight excluding hydrogens is 426 g/mol. The summed E-state index contributed by atoms with van der Waals surface area (Å²) in [7, 11) is 5.63. The van der Waals surface area contributed by atoms with Gasteiger partial charge in [-0.3, -0.25) is 4.79 Å². The molecule has 0 aliphatic heterocycles. The van der Waals surface area contributed by atoms with E-state index in [-0.39, 0.29) is 5.91 Å². The monoisotopic (exact) mass is 453 g/mol. The van der Waals surface area contributed by atoms with Crippen LogP contribution in [0, 0.1) is 0 Å². The van der Waals surface area contributed by atoms with Crippen LogP contribution in [0.4, 0.5) is 11.6 Å². The van der Waals surface area contributed by atoms with Gasteiger partial charge in [0.05, 0.1) is 7.11 Å². The second kappa shape index (κ2) is 10.5. The van der Waals surface area contributed by atoms with Gasteiger partial charge in [0.1, 0.15) is 5.75 Å². The number of allylic oxidation sites excluding steroid dienone is 1. The van der Waals surface area contributed by atoms with Gasteiger partial charge in [-0.05, 0) is 41.5 Å². The predicted molar refractivity (Wildman–Crippen MR) is 136 cm³/mol. The maximum absolute atomic E-state index is 13.0. The van der Waals surface area contributed by atoms with E-state index in [4.69, 9.17) is 4.74 Å². The van der Waals surface area contributed by atoms with Gasteiger partial charge in [0.2, 0.25) is 5.95 Å². The molecule has 0 saturated heterocycles. The van der Waals surface area contributed by atoms with Crippen molar-refractivity contribution in [2.24, 2.45) is 0 Å². The van der Waals surface area contributed by atoms with Crippen LogP contribution in [0.1, 0.15) is 15.9 Å². The van der Waals surface area contributed by atoms with Gasteiger partial charge in [-0.1, -0.05) is 54.6 Å². The summed E-state index contributed by atoms with van der Waals surface area (Å²) in [6, 6.07) is 25.3. The molecule has 0 unspecified atom stereocenters. The summed E-state index contributed by atoms with van der Waals surface area (Å²) in [5.74, 6) is 1.34. The van der Waals surface area contributed by atoms with E-state index in [1.54, 1.807) is 13.2 Å². The highest BCUT2D eigenvalue weighted by Gasteiger charge is 2.15. The highest BCUT2D eigenvalue weighted by molar-refractivity contribution is 5.95. The topological polar surface area (TPSA) is 72.3 Å². The molecule has 0 bridgehead atoms. The zero-order chi connectivity index (χ0) is 23.9. The minimum absolute atomic E-state index is 0.295. The molecule has 0 atom stereocenters. The smallest absolute Gasteiger partial charge is 0.274 e. The normalized spacial score (nSPS) is 10.9. The fraction of sp³-hybridized carbons (Fsp3) is 0.148. The third-order valence-corrected chi connectivity index (χ3v) is 5.29. The van der Waals surface area contributed by atoms with Crippen LogP contribution in [0.3, 0.4) is 0 Å². The van der Waals surface area contributed by atoms with Crippen LogP contribution in [0.15, 0.2) is 84.9 Å². The van der Waals surface area contributed by atoms with Crippen LogP contribution in [0.5, 0.6) is 5.75 Å². The second-order valence-corrected chi connectivity index (χ2v) is 7.90. The molecule has 0 saturated carbocycles. The van der Waals surface area contributed by atoms with E-state index in [0.717, 1.165) is 28.1 Å². The Balaban J connectivity index is 1.57. The summed E-state index contributed by atoms with van der Waals surface area (Å²) in [4.78, 5) is 19.7. The first-order valence-electron chi connectivity index (χ1n) is 10.9. The average Bonchev–Trinajstić information content (AvgIpc) is 3.31. The number of carbonyl (C=O) groups is 1. The number of methoxy groups -OCH3 is 1. The summed E-state index contributed by atoms with van der Waals surface area (Å²) >= 11 is 0. The number of rotatable bonds is 8. The Bertz CT molecular complexity index is 1260. The summed E-state index contributed by atoms with van der Waals surface area (Å²) in [5.41, 5.74) is 3.92. The van der Waals surface area contributed by atoms with Crippen molar-refractivity contribution >= 4 is 23.6 Å². The molecule has 0 radical (unpaired) electrons. The molecule has 0 fully saturated rings. The van der Waals surface area contributed by atoms with Crippen LogP contribution in [0.25, 0.3) is 17.5 Å². The molecule has 7 nitrogen and oxygen atoms in total. The van der Waals surface area contributed by atoms with Crippen LogP contribution >= 0.6 is 0 Å². The number of nitrogens with zero attached hydrogens (tertiary/aromatic N) is 4. The Kier molecular flexibility index (Phi) is 7.03. The summed E-state index contributed by atoms with van der Waals surface area (Å²) in [5, 5.41) is 7.75. The third-order valence-electron chi connectivity index (χ3n) is 5.29. The van der Waals surface area contributed by atoms with E-state index in [9.17, 15) is 4.79 Å². The maximum Gasteiger partial charge on any atom is 0.274 e. The van der Waals surface area contributed by atoms with Gasteiger partial charge < -0.3 is 15.0 Å². The van der Waals surface area contributed by atoms with E-state index in [0.29, 0.717) is 18.3 Å². The quantitative estimate of drug-likeness (QED) is 0.379. The summed E-state index contributed by atoms with van der Waals surface area (Å²) < 4.78 is 6.48. The number of ether oxygens (including phenoxy) is 1. The van der Waals surface area contributed by atoms with Crippen LogP contribution < -0.4 is 15.0 Å². The molecule has 172 valence electrons. The molecular formula is C27H27N5O2. The van der Waals surface area contributed by atoms with Gasteiger partial charge in [-0.15, -0.1) is 5.10 Å². The number of hydrogen-bond acceptors (Lipinski definition) is 6. The lowest BCUT2D eigenvalue weighted by atomic mass is 10.2. The van der Waals surface area contributed by atoms with Crippen molar-refractivity contribution in [2.45, 2.75) is 6.54 Å². The molecule has 0 spiro atoms. The number of carbonyl (C=O) groups excluding carboxylic acids is 1. The molecule has 4 aromatic rings. The van der Waals surface area contributed by atoms with Gasteiger partial charge in [-0.25, -0.2) is 0 Å². The Morgan fingerprint density at radius 3 is 2.35 bits per heavy atom. The fourth-order valence-electron chi connectivity index (χ4n) is 3.34. The van der Waals surface area contributed by atoms with Crippen molar-refractivity contribution in [1.29, 1.82) is 0 Å². The molecule has 0 aliphatic rings. The molecule has 0 aliphatic carbocycles. The molecule has 0 amide bonds. The lowest BCUT2D eigenvalue weighted by molar-refractivity contribution is 0.0957. The van der Waals surface area contributed by atoms with Crippen molar-refractivity contribution < 1.29 is 9.53 Å². The average molecular weight is 454 g/mol. The van der Waals surface area contributed by atoms with E-state index in [2.05, 4.69) is 27.5 Å². The molecule has 1 heterocycles. The largest absolute Gasteiger partial charge is 0.497 e. The van der Waals surface area contributed by atoms with E-state index >= 15 is 0 Å². The Morgan fingerprint density at radius 1 is 1.00 bits per heavy atom. The zero-order valence-electron chi connectivity index (χ0n) is 19.5. The first-order chi connectivity index (χ1) is 16.5. The van der Waals surface area contributed by atoms with Crippen molar-refractivity contribution in [3.63, 3.8) is 0 Å². The van der Waals surface area contributed by atoms with E-state index < -0.39 is 0 Å². The predicted octanol–water partition coefficient (Wildman–Crippen LogP) is 4.99. The van der Waals surface area contributed by atoms with Crippen molar-refractivity contribution in [3.8, 4) is 17.1 Å². The summed E-state index contributed by atoms with van der Waals surface area (Å²) in [6.07, 6.45) is 3.23. The Morgan fingerprint density at radius 2 is 1.71 bits per heavy atom. The molecule has 4 rings (SSSR count). The van der Waals surface area contributed by atoms with Gasteiger partial charge >= 0.3 is 0 Å². The van der Waals surface area contributed by atoms with Crippen LogP contribution in [0.2, 0.25) is 0 Å². The first kappa shape index (κ1) is 22.8. The highest BCUT2D eigenvalue weighted by Crippen LogP contribution is 2.19. The fourth-order valence-corrected chi connectivity index (χ4v) is 3.34. The van der Waals surface area contributed by atoms with Gasteiger partial charge in [0.15, 0.2) is 5.82 Å². The maximum atomic E-state index is 13.0. The van der Waals surface area contributed by atoms with Gasteiger partial charge in [-0.2, -0.15) is 9.67 Å². The molecule has 34 heavy (non-hydrogen) atoms. The van der Waals surface area contributed by atoms with E-state index in [1.165, 1.54) is 10.8 Å². The third kappa shape index (κ3) is 5.50. The number of aromatic nitrogens is 3. The lowest BCUT2D eigenvalue weighted by Crippen LogP contribution is -2.14. The minimum Gasteiger partial charge on any atom is -0.497 e. The van der Waals surface area contributed by atoms with Crippen molar-refractivity contribution in [2.75, 3.05) is 31.4 Å². The van der Waals surface area contributed by atoms with Gasteiger partial charge in [0.25, 0.3) is 5.91 Å². The minimum atomic E-state index is -0.295. The van der Waals surface area contributed by atoms with Crippen LogP contribution in [-0.4, -0.2) is 41.9 Å². The molecule has 1 N–H and O–H groups in total. The van der Waals surface area contributed by atoms with Gasteiger partial charge in [0, 0.05) is 38.0 Å². The standard InChI is InChI=1S/C27H27N5O2/c1-31(2)23-14-9-21(10-15-23)19-28-27-29-26(22-7-5-4-6-8-22)30-32(27)25(33)18-13-20-11-16-24(34-3)17-12-20/h4-18H,19H2,1-3H3,(H,28,29,30). The lowest BCUT2D eigenvalue weighted by Gasteiger charge is -2.13. The second-order valence-electron chi connectivity index (χ2n) is 7.90.